The van der Waals surface area contributed by atoms with E-state index in [4.69, 9.17) is 0 Å². The van der Waals surface area contributed by atoms with Gasteiger partial charge in [0.15, 0.2) is 5.03 Å². The van der Waals surface area contributed by atoms with E-state index in [1.54, 1.807) is 0 Å². The molecule has 0 aliphatic rings. The van der Waals surface area contributed by atoms with Gasteiger partial charge in [-0.2, -0.15) is 0 Å². The fourth-order valence-electron chi connectivity index (χ4n) is 1.00. The Hall–Kier alpha value is -1.15. The lowest BCUT2D eigenvalue weighted by molar-refractivity contribution is 0.141. The molecule has 0 bridgehead atoms. The van der Waals surface area contributed by atoms with Crippen LogP contribution >= 0.6 is 0 Å². The summed E-state index contributed by atoms with van der Waals surface area (Å²) in [6, 6.07) is 0. The molecule has 0 aromatic carbocycles. The van der Waals surface area contributed by atoms with E-state index in [0.717, 1.165) is 6.20 Å². The molecule has 1 heterocycles. The Labute approximate surface area is 84.0 Å². The smallest absolute Gasteiger partial charge is 0.243 e. The fourth-order valence-corrected chi connectivity index (χ4v) is 1.69. The summed E-state index contributed by atoms with van der Waals surface area (Å²) in [6.45, 7) is 1.20. The van der Waals surface area contributed by atoms with Gasteiger partial charge in [0.05, 0.1) is 5.56 Å². The number of nitrogens with zero attached hydrogens (tertiary/aromatic N) is 1. The van der Waals surface area contributed by atoms with Gasteiger partial charge < -0.3 is 0 Å². The van der Waals surface area contributed by atoms with Gasteiger partial charge in [-0.1, -0.05) is 0 Å². The van der Waals surface area contributed by atoms with E-state index in [-0.39, 0.29) is 5.56 Å². The average molecular weight is 240 g/mol. The van der Waals surface area contributed by atoms with Gasteiger partial charge in [0.2, 0.25) is 0 Å². The van der Waals surface area contributed by atoms with E-state index in [1.807, 2.05) is 0 Å². The van der Waals surface area contributed by atoms with Crippen LogP contribution < -0.4 is 5.14 Å². The lowest BCUT2D eigenvalue weighted by Gasteiger charge is -2.08. The normalized spacial score (nSPS) is 12.1. The van der Waals surface area contributed by atoms with Crippen molar-refractivity contribution in [3.8, 4) is 0 Å². The number of hydrogen-bond donors (Lipinski definition) is 1. The number of hydrogen-bond acceptors (Lipinski definition) is 3. The Morgan fingerprint density at radius 1 is 1.47 bits per heavy atom. The molecule has 84 valence electrons. The number of halogens is 3. The van der Waals surface area contributed by atoms with Crippen LogP contribution in [0.3, 0.4) is 0 Å². The van der Waals surface area contributed by atoms with Crippen LogP contribution in [0.5, 0.6) is 0 Å². The Morgan fingerprint density at radius 2 is 2.00 bits per heavy atom. The predicted octanol–water partition coefficient (Wildman–Crippen LogP) is 1.11. The lowest BCUT2D eigenvalue weighted by atomic mass is 10.2. The molecule has 0 unspecified atom stereocenters. The zero-order valence-electron chi connectivity index (χ0n) is 7.54. The molecule has 0 aliphatic heterocycles. The summed E-state index contributed by atoms with van der Waals surface area (Å²) in [5.74, 6) is -1.30. The minimum absolute atomic E-state index is 0.169. The molecule has 0 fully saturated rings. The molecular weight excluding hydrogens is 233 g/mol. The van der Waals surface area contributed by atoms with Crippen molar-refractivity contribution in [1.82, 2.24) is 4.98 Å². The van der Waals surface area contributed by atoms with Crippen LogP contribution in [0, 0.1) is 12.7 Å². The highest BCUT2D eigenvalue weighted by Gasteiger charge is 2.27. The first-order valence-corrected chi connectivity index (χ1v) is 5.25. The van der Waals surface area contributed by atoms with Crippen LogP contribution in [0.1, 0.15) is 17.6 Å². The average Bonchev–Trinajstić information content (AvgIpc) is 2.06. The van der Waals surface area contributed by atoms with Crippen LogP contribution in [0.2, 0.25) is 0 Å². The molecule has 0 saturated carbocycles. The first-order chi connectivity index (χ1) is 6.75. The molecule has 0 atom stereocenters. The summed E-state index contributed by atoms with van der Waals surface area (Å²) < 4.78 is 59.7. The summed E-state index contributed by atoms with van der Waals surface area (Å²) in [6.07, 6.45) is -2.45. The maximum absolute atomic E-state index is 13.2. The second-order valence-corrected chi connectivity index (χ2v) is 4.30. The summed E-state index contributed by atoms with van der Waals surface area (Å²) in [5, 5.41) is 3.50. The summed E-state index contributed by atoms with van der Waals surface area (Å²) in [5.41, 5.74) is -1.45. The van der Waals surface area contributed by atoms with Gasteiger partial charge in [0.1, 0.15) is 5.82 Å². The molecule has 0 aliphatic carbocycles. The third kappa shape index (κ3) is 2.26. The van der Waals surface area contributed by atoms with Crippen molar-refractivity contribution in [2.24, 2.45) is 5.14 Å². The van der Waals surface area contributed by atoms with E-state index >= 15 is 0 Å². The van der Waals surface area contributed by atoms with Crippen molar-refractivity contribution >= 4 is 10.0 Å². The standard InChI is InChI=1S/C7H7F3N2O2S/c1-3-2-12-7(15(11,13)14)4(5(3)8)6(9)10/h2,6H,1H3,(H2,11,13,14). The SMILES string of the molecule is Cc1cnc(S(N)(=O)=O)c(C(F)F)c1F. The van der Waals surface area contributed by atoms with E-state index < -0.39 is 32.9 Å². The molecule has 1 rings (SSSR count). The van der Waals surface area contributed by atoms with E-state index in [1.165, 1.54) is 6.92 Å². The monoisotopic (exact) mass is 240 g/mol. The van der Waals surface area contributed by atoms with Crippen molar-refractivity contribution in [1.29, 1.82) is 0 Å². The summed E-state index contributed by atoms with van der Waals surface area (Å²) >= 11 is 0. The number of aryl methyl sites for hydroxylation is 1. The second kappa shape index (κ2) is 3.78. The molecule has 0 spiro atoms. The lowest BCUT2D eigenvalue weighted by Crippen LogP contribution is -2.18. The highest BCUT2D eigenvalue weighted by molar-refractivity contribution is 7.89. The minimum atomic E-state index is -4.45. The highest BCUT2D eigenvalue weighted by atomic mass is 32.2. The molecule has 0 radical (unpaired) electrons. The number of alkyl halides is 2. The van der Waals surface area contributed by atoms with Crippen LogP contribution in [0.4, 0.5) is 13.2 Å². The van der Waals surface area contributed by atoms with E-state index in [9.17, 15) is 21.6 Å². The van der Waals surface area contributed by atoms with Crippen LogP contribution in [-0.4, -0.2) is 13.4 Å². The maximum atomic E-state index is 13.2. The molecule has 1 aromatic heterocycles. The van der Waals surface area contributed by atoms with Gasteiger partial charge in [0.25, 0.3) is 16.4 Å². The predicted molar refractivity (Wildman–Crippen MR) is 45.3 cm³/mol. The Morgan fingerprint density at radius 3 is 2.40 bits per heavy atom. The number of primary sulfonamides is 1. The topological polar surface area (TPSA) is 73.0 Å². The molecular formula is C7H7F3N2O2S. The Balaban J connectivity index is 3.62. The second-order valence-electron chi connectivity index (χ2n) is 2.82. The van der Waals surface area contributed by atoms with Crippen LogP contribution in [0.15, 0.2) is 11.2 Å². The number of nitrogens with two attached hydrogens (primary N) is 1. The highest BCUT2D eigenvalue weighted by Crippen LogP contribution is 2.28. The summed E-state index contributed by atoms with van der Waals surface area (Å²) in [7, 11) is -4.45. The third-order valence-electron chi connectivity index (χ3n) is 1.68. The largest absolute Gasteiger partial charge is 0.269 e. The van der Waals surface area contributed by atoms with E-state index in [2.05, 4.69) is 10.1 Å². The van der Waals surface area contributed by atoms with Crippen molar-refractivity contribution in [3.05, 3.63) is 23.1 Å². The first-order valence-electron chi connectivity index (χ1n) is 3.71. The summed E-state index contributed by atoms with van der Waals surface area (Å²) in [4.78, 5) is 3.20. The molecule has 4 nitrogen and oxygen atoms in total. The number of sulfonamides is 1. The first kappa shape index (κ1) is 11.9. The fraction of sp³-hybridized carbons (Fsp3) is 0.286. The maximum Gasteiger partial charge on any atom is 0.269 e. The van der Waals surface area contributed by atoms with Gasteiger partial charge in [-0.25, -0.2) is 31.7 Å². The molecule has 0 amide bonds. The third-order valence-corrected chi connectivity index (χ3v) is 2.54. The van der Waals surface area contributed by atoms with Gasteiger partial charge >= 0.3 is 0 Å². The van der Waals surface area contributed by atoms with E-state index in [0.29, 0.717) is 0 Å². The van der Waals surface area contributed by atoms with Gasteiger partial charge in [-0.3, -0.25) is 0 Å². The van der Waals surface area contributed by atoms with Crippen LogP contribution in [0.25, 0.3) is 0 Å². The quantitative estimate of drug-likeness (QED) is 0.841. The molecule has 0 saturated heterocycles. The zero-order valence-corrected chi connectivity index (χ0v) is 8.35. The van der Waals surface area contributed by atoms with Gasteiger partial charge in [0, 0.05) is 11.8 Å². The van der Waals surface area contributed by atoms with Crippen LogP contribution in [-0.2, 0) is 10.0 Å². The van der Waals surface area contributed by atoms with Crippen molar-refractivity contribution in [3.63, 3.8) is 0 Å². The van der Waals surface area contributed by atoms with Gasteiger partial charge in [-0.15, -0.1) is 0 Å². The van der Waals surface area contributed by atoms with Gasteiger partial charge in [-0.05, 0) is 6.92 Å². The molecule has 1 aromatic rings. The zero-order chi connectivity index (χ0) is 11.8. The number of aromatic nitrogens is 1. The molecule has 15 heavy (non-hydrogen) atoms. The number of pyridine rings is 1. The Bertz CT molecular complexity index is 487. The van der Waals surface area contributed by atoms with Crippen molar-refractivity contribution in [2.45, 2.75) is 18.4 Å². The van der Waals surface area contributed by atoms with Crippen molar-refractivity contribution in [2.75, 3.05) is 0 Å². The minimum Gasteiger partial charge on any atom is -0.243 e. The number of rotatable bonds is 2. The Kier molecular flexibility index (Phi) is 3.00. The van der Waals surface area contributed by atoms with Crippen molar-refractivity contribution < 1.29 is 21.6 Å². The molecule has 2 N–H and O–H groups in total. The molecule has 8 heteroatoms.